The molecule has 34 heavy (non-hydrogen) atoms. The minimum Gasteiger partial charge on any atom is -0.354 e. The molecule has 0 saturated heterocycles. The Morgan fingerprint density at radius 2 is 1.82 bits per heavy atom. The lowest BCUT2D eigenvalue weighted by atomic mass is 10.1. The molecule has 0 aromatic heterocycles. The Balaban J connectivity index is 2.39. The molecule has 2 amide bonds. The molecule has 0 aliphatic rings. The van der Waals surface area contributed by atoms with Crippen molar-refractivity contribution in [1.29, 1.82) is 0 Å². The number of nitrogens with zero attached hydrogens (tertiary/aromatic N) is 2. The van der Waals surface area contributed by atoms with Crippen molar-refractivity contribution >= 4 is 50.7 Å². The molecule has 0 spiro atoms. The van der Waals surface area contributed by atoms with Crippen LogP contribution in [0.2, 0.25) is 10.0 Å². The first kappa shape index (κ1) is 28.0. The highest BCUT2D eigenvalue weighted by Gasteiger charge is 2.30. The van der Waals surface area contributed by atoms with E-state index >= 15 is 0 Å². The first-order chi connectivity index (χ1) is 15.9. The number of unbranched alkanes of at least 4 members (excludes halogenated alkanes) is 1. The summed E-state index contributed by atoms with van der Waals surface area (Å²) < 4.78 is 26.1. The second kappa shape index (κ2) is 12.4. The number of halogens is 2. The van der Waals surface area contributed by atoms with Crippen LogP contribution in [-0.2, 0) is 26.2 Å². The molecule has 10 heteroatoms. The molecule has 0 fully saturated rings. The molecule has 1 unspecified atom stereocenters. The van der Waals surface area contributed by atoms with Crippen molar-refractivity contribution in [3.63, 3.8) is 0 Å². The van der Waals surface area contributed by atoms with Crippen molar-refractivity contribution in [2.75, 3.05) is 23.7 Å². The van der Waals surface area contributed by atoms with E-state index in [2.05, 4.69) is 5.32 Å². The zero-order chi connectivity index (χ0) is 25.5. The van der Waals surface area contributed by atoms with Crippen molar-refractivity contribution in [2.45, 2.75) is 46.2 Å². The Bertz CT molecular complexity index is 1120. The molecule has 186 valence electrons. The van der Waals surface area contributed by atoms with E-state index in [4.69, 9.17) is 23.2 Å². The number of benzene rings is 2. The topological polar surface area (TPSA) is 86.8 Å². The van der Waals surface area contributed by atoms with Crippen LogP contribution in [0, 0.1) is 6.92 Å². The van der Waals surface area contributed by atoms with Gasteiger partial charge >= 0.3 is 0 Å². The lowest BCUT2D eigenvalue weighted by Gasteiger charge is -2.31. The number of sulfonamides is 1. The summed E-state index contributed by atoms with van der Waals surface area (Å²) in [6.45, 7) is 5.69. The van der Waals surface area contributed by atoms with Gasteiger partial charge in [-0.15, -0.1) is 0 Å². The SMILES string of the molecule is CCCCNC(=O)C(C)N(Cc1cccc(C)c1)C(=O)CN(c1cc(Cl)ccc1Cl)S(C)(=O)=O. The quantitative estimate of drug-likeness (QED) is 0.438. The maximum atomic E-state index is 13.5. The molecule has 0 aliphatic heterocycles. The number of anilines is 1. The van der Waals surface area contributed by atoms with Gasteiger partial charge in [0.25, 0.3) is 0 Å². The lowest BCUT2D eigenvalue weighted by Crippen LogP contribution is -2.51. The monoisotopic (exact) mass is 527 g/mol. The fourth-order valence-corrected chi connectivity index (χ4v) is 4.69. The van der Waals surface area contributed by atoms with Crippen molar-refractivity contribution in [1.82, 2.24) is 10.2 Å². The van der Waals surface area contributed by atoms with Crippen LogP contribution in [0.15, 0.2) is 42.5 Å². The average Bonchev–Trinajstić information content (AvgIpc) is 2.76. The van der Waals surface area contributed by atoms with Crippen molar-refractivity contribution in [3.05, 3.63) is 63.6 Å². The van der Waals surface area contributed by atoms with Gasteiger partial charge in [-0.3, -0.25) is 13.9 Å². The molecule has 2 aromatic rings. The van der Waals surface area contributed by atoms with Gasteiger partial charge in [-0.25, -0.2) is 8.42 Å². The van der Waals surface area contributed by atoms with Gasteiger partial charge in [-0.1, -0.05) is 66.4 Å². The van der Waals surface area contributed by atoms with E-state index in [0.29, 0.717) is 6.54 Å². The smallest absolute Gasteiger partial charge is 0.244 e. The Kier molecular flexibility index (Phi) is 10.2. The number of amides is 2. The number of carbonyl (C=O) groups is 2. The van der Waals surface area contributed by atoms with Crippen LogP contribution < -0.4 is 9.62 Å². The summed E-state index contributed by atoms with van der Waals surface area (Å²) in [7, 11) is -3.89. The van der Waals surface area contributed by atoms with Gasteiger partial charge in [0.2, 0.25) is 21.8 Å². The van der Waals surface area contributed by atoms with E-state index in [0.717, 1.165) is 34.5 Å². The number of hydrogen-bond acceptors (Lipinski definition) is 4. The van der Waals surface area contributed by atoms with Gasteiger partial charge in [0, 0.05) is 18.1 Å². The molecule has 2 aromatic carbocycles. The van der Waals surface area contributed by atoms with Crippen molar-refractivity contribution in [2.24, 2.45) is 0 Å². The third-order valence-corrected chi connectivity index (χ3v) is 6.97. The molecular formula is C24H31Cl2N3O4S. The van der Waals surface area contributed by atoms with Crippen LogP contribution in [0.1, 0.15) is 37.8 Å². The maximum Gasteiger partial charge on any atom is 0.244 e. The Morgan fingerprint density at radius 3 is 2.44 bits per heavy atom. The minimum absolute atomic E-state index is 0.0978. The molecule has 0 aliphatic carbocycles. The third-order valence-electron chi connectivity index (χ3n) is 5.29. The zero-order valence-electron chi connectivity index (χ0n) is 19.8. The number of hydrogen-bond donors (Lipinski definition) is 1. The summed E-state index contributed by atoms with van der Waals surface area (Å²) >= 11 is 12.3. The summed E-state index contributed by atoms with van der Waals surface area (Å²) in [6, 6.07) is 11.2. The van der Waals surface area contributed by atoms with Gasteiger partial charge in [-0.05, 0) is 44.0 Å². The Labute approximate surface area is 212 Å². The first-order valence-corrected chi connectivity index (χ1v) is 13.6. The summed E-state index contributed by atoms with van der Waals surface area (Å²) in [6.07, 6.45) is 2.73. The van der Waals surface area contributed by atoms with Gasteiger partial charge < -0.3 is 10.2 Å². The van der Waals surface area contributed by atoms with Gasteiger partial charge in [0.1, 0.15) is 12.6 Å². The van der Waals surface area contributed by atoms with E-state index in [1.54, 1.807) is 6.92 Å². The predicted molar refractivity (Wildman–Crippen MR) is 138 cm³/mol. The molecule has 2 rings (SSSR count). The van der Waals surface area contributed by atoms with E-state index in [1.165, 1.54) is 23.1 Å². The number of nitrogens with one attached hydrogen (secondary N) is 1. The molecule has 0 heterocycles. The van der Waals surface area contributed by atoms with Crippen LogP contribution in [0.4, 0.5) is 5.69 Å². The molecule has 0 radical (unpaired) electrons. The normalized spacial score (nSPS) is 12.2. The molecule has 1 atom stereocenters. The first-order valence-electron chi connectivity index (χ1n) is 11.0. The summed E-state index contributed by atoms with van der Waals surface area (Å²) in [5.74, 6) is -0.845. The van der Waals surface area contributed by atoms with Crippen LogP contribution in [-0.4, -0.2) is 50.5 Å². The summed E-state index contributed by atoms with van der Waals surface area (Å²) in [5.41, 5.74) is 1.93. The highest BCUT2D eigenvalue weighted by Crippen LogP contribution is 2.31. The third kappa shape index (κ3) is 7.89. The zero-order valence-corrected chi connectivity index (χ0v) is 22.2. The molecule has 7 nitrogen and oxygen atoms in total. The van der Waals surface area contributed by atoms with Crippen molar-refractivity contribution < 1.29 is 18.0 Å². The van der Waals surface area contributed by atoms with Crippen LogP contribution in [0.5, 0.6) is 0 Å². The summed E-state index contributed by atoms with van der Waals surface area (Å²) in [4.78, 5) is 27.7. The predicted octanol–water partition coefficient (Wildman–Crippen LogP) is 4.40. The fraction of sp³-hybridized carbons (Fsp3) is 0.417. The second-order valence-corrected chi connectivity index (χ2v) is 10.9. The van der Waals surface area contributed by atoms with Gasteiger partial charge in [-0.2, -0.15) is 0 Å². The summed E-state index contributed by atoms with van der Waals surface area (Å²) in [5, 5.41) is 3.26. The number of rotatable bonds is 11. The minimum atomic E-state index is -3.89. The lowest BCUT2D eigenvalue weighted by molar-refractivity contribution is -0.139. The van der Waals surface area contributed by atoms with Gasteiger partial charge in [0.05, 0.1) is 17.0 Å². The van der Waals surface area contributed by atoms with Crippen LogP contribution in [0.25, 0.3) is 0 Å². The molecule has 1 N–H and O–H groups in total. The standard InChI is InChI=1S/C24H31Cl2N3O4S/c1-5-6-12-27-24(31)18(3)28(15-19-9-7-8-17(2)13-19)23(30)16-29(34(4,32)33)22-14-20(25)10-11-21(22)26/h7-11,13-14,18H,5-6,12,15-16H2,1-4H3,(H,27,31). The van der Waals surface area contributed by atoms with Crippen molar-refractivity contribution in [3.8, 4) is 0 Å². The molecule has 0 saturated carbocycles. The van der Waals surface area contributed by atoms with Gasteiger partial charge in [0.15, 0.2) is 0 Å². The highest BCUT2D eigenvalue weighted by atomic mass is 35.5. The van der Waals surface area contributed by atoms with E-state index in [9.17, 15) is 18.0 Å². The van der Waals surface area contributed by atoms with E-state index in [-0.39, 0.29) is 28.2 Å². The highest BCUT2D eigenvalue weighted by molar-refractivity contribution is 7.92. The number of carbonyl (C=O) groups excluding carboxylic acids is 2. The average molecular weight is 529 g/mol. The van der Waals surface area contributed by atoms with E-state index < -0.39 is 28.5 Å². The molecular weight excluding hydrogens is 497 g/mol. The fourth-order valence-electron chi connectivity index (χ4n) is 3.40. The maximum absolute atomic E-state index is 13.5. The Morgan fingerprint density at radius 1 is 1.12 bits per heavy atom. The van der Waals surface area contributed by atoms with E-state index in [1.807, 2.05) is 38.1 Å². The Hall–Kier alpha value is -2.29. The number of aryl methyl sites for hydroxylation is 1. The largest absolute Gasteiger partial charge is 0.354 e. The van der Waals surface area contributed by atoms with Crippen LogP contribution >= 0.6 is 23.2 Å². The second-order valence-electron chi connectivity index (χ2n) is 8.20. The molecule has 0 bridgehead atoms. The van der Waals surface area contributed by atoms with Crippen LogP contribution in [0.3, 0.4) is 0 Å².